The van der Waals surface area contributed by atoms with Gasteiger partial charge in [-0.25, -0.2) is 0 Å². The number of nitrogens with zero attached hydrogens (tertiary/aromatic N) is 1. The molecular formula is C10H19NO. The van der Waals surface area contributed by atoms with E-state index in [4.69, 9.17) is 4.84 Å². The van der Waals surface area contributed by atoms with Crippen LogP contribution in [0.2, 0.25) is 0 Å². The maximum atomic E-state index is 5.36. The third kappa shape index (κ3) is 3.74. The maximum Gasteiger partial charge on any atom is 0.129 e. The van der Waals surface area contributed by atoms with E-state index in [2.05, 4.69) is 5.16 Å². The topological polar surface area (TPSA) is 21.6 Å². The van der Waals surface area contributed by atoms with Gasteiger partial charge in [-0.1, -0.05) is 11.6 Å². The van der Waals surface area contributed by atoms with Crippen LogP contribution >= 0.6 is 0 Å². The monoisotopic (exact) mass is 169 g/mol. The Morgan fingerprint density at radius 2 is 1.67 bits per heavy atom. The predicted octanol–water partition coefficient (Wildman–Crippen LogP) is 3.12. The van der Waals surface area contributed by atoms with Gasteiger partial charge in [-0.15, -0.1) is 0 Å². The van der Waals surface area contributed by atoms with Crippen molar-refractivity contribution in [3.63, 3.8) is 0 Å². The molecule has 0 aliphatic heterocycles. The zero-order valence-corrected chi connectivity index (χ0v) is 8.39. The van der Waals surface area contributed by atoms with E-state index < -0.39 is 0 Å². The fourth-order valence-corrected chi connectivity index (χ4v) is 1.25. The summed E-state index contributed by atoms with van der Waals surface area (Å²) in [7, 11) is 0. The first-order chi connectivity index (χ1) is 5.58. The first kappa shape index (κ1) is 9.56. The second kappa shape index (κ2) is 3.92. The summed E-state index contributed by atoms with van der Waals surface area (Å²) in [6, 6.07) is 0. The van der Waals surface area contributed by atoms with Crippen molar-refractivity contribution in [2.75, 3.05) is 0 Å². The summed E-state index contributed by atoms with van der Waals surface area (Å²) in [5.74, 6) is 0. The van der Waals surface area contributed by atoms with Gasteiger partial charge in [0.1, 0.15) is 5.60 Å². The molecule has 1 saturated carbocycles. The molecule has 0 amide bonds. The Kier molecular flexibility index (Phi) is 3.12. The molecule has 2 heteroatoms. The zero-order valence-electron chi connectivity index (χ0n) is 8.39. The Bertz CT molecular complexity index is 159. The molecular weight excluding hydrogens is 150 g/mol. The van der Waals surface area contributed by atoms with Crippen LogP contribution in [0.4, 0.5) is 0 Å². The average Bonchev–Trinajstić information content (AvgIpc) is 2.02. The second-order valence-corrected chi connectivity index (χ2v) is 4.42. The molecule has 0 aromatic heterocycles. The van der Waals surface area contributed by atoms with Crippen LogP contribution in [0.3, 0.4) is 0 Å². The highest BCUT2D eigenvalue weighted by molar-refractivity contribution is 5.84. The Balaban J connectivity index is 2.35. The first-order valence-corrected chi connectivity index (χ1v) is 4.82. The highest BCUT2D eigenvalue weighted by atomic mass is 16.6. The summed E-state index contributed by atoms with van der Waals surface area (Å²) in [6.07, 6.45) is 6.19. The minimum atomic E-state index is -0.134. The minimum absolute atomic E-state index is 0.134. The van der Waals surface area contributed by atoms with Gasteiger partial charge in [-0.2, -0.15) is 0 Å². The Morgan fingerprint density at radius 3 is 2.17 bits per heavy atom. The highest BCUT2D eigenvalue weighted by Gasteiger charge is 2.12. The van der Waals surface area contributed by atoms with Gasteiger partial charge in [-0.3, -0.25) is 0 Å². The molecule has 0 aromatic rings. The molecule has 1 fully saturated rings. The summed E-state index contributed by atoms with van der Waals surface area (Å²) in [5.41, 5.74) is 1.11. The van der Waals surface area contributed by atoms with E-state index in [0.29, 0.717) is 0 Å². The number of rotatable bonds is 1. The normalized spacial score (nSPS) is 19.1. The molecule has 0 unspecified atom stereocenters. The van der Waals surface area contributed by atoms with Crippen LogP contribution in [-0.4, -0.2) is 11.3 Å². The summed E-state index contributed by atoms with van der Waals surface area (Å²) >= 11 is 0. The Hall–Kier alpha value is -0.530. The minimum Gasteiger partial charge on any atom is -0.390 e. The van der Waals surface area contributed by atoms with E-state index >= 15 is 0 Å². The summed E-state index contributed by atoms with van der Waals surface area (Å²) in [6.45, 7) is 6.08. The van der Waals surface area contributed by atoms with Crippen LogP contribution < -0.4 is 0 Å². The van der Waals surface area contributed by atoms with E-state index in [9.17, 15) is 0 Å². The number of hydrogen-bond donors (Lipinski definition) is 0. The van der Waals surface area contributed by atoms with Crippen molar-refractivity contribution in [2.24, 2.45) is 5.16 Å². The fourth-order valence-electron chi connectivity index (χ4n) is 1.25. The van der Waals surface area contributed by atoms with Crippen LogP contribution in [0.5, 0.6) is 0 Å². The SMILES string of the molecule is CC(C)(C)ON=C1CCCCC1. The molecule has 0 atom stereocenters. The lowest BCUT2D eigenvalue weighted by molar-refractivity contribution is -0.0000133. The molecule has 0 bridgehead atoms. The molecule has 70 valence electrons. The second-order valence-electron chi connectivity index (χ2n) is 4.42. The molecule has 0 saturated heterocycles. The van der Waals surface area contributed by atoms with E-state index in [-0.39, 0.29) is 5.60 Å². The van der Waals surface area contributed by atoms with Crippen molar-refractivity contribution in [1.29, 1.82) is 0 Å². The molecule has 0 radical (unpaired) electrons. The van der Waals surface area contributed by atoms with Crippen LogP contribution in [-0.2, 0) is 4.84 Å². The third-order valence-corrected chi connectivity index (χ3v) is 1.88. The van der Waals surface area contributed by atoms with Gasteiger partial charge >= 0.3 is 0 Å². The number of hydrogen-bond acceptors (Lipinski definition) is 2. The highest BCUT2D eigenvalue weighted by Crippen LogP contribution is 2.16. The van der Waals surface area contributed by atoms with Crippen LogP contribution in [0.25, 0.3) is 0 Å². The number of oxime groups is 1. The smallest absolute Gasteiger partial charge is 0.129 e. The third-order valence-electron chi connectivity index (χ3n) is 1.88. The molecule has 0 heterocycles. The molecule has 2 nitrogen and oxygen atoms in total. The van der Waals surface area contributed by atoms with Crippen molar-refractivity contribution < 1.29 is 4.84 Å². The van der Waals surface area contributed by atoms with E-state index in [0.717, 1.165) is 12.8 Å². The van der Waals surface area contributed by atoms with Crippen molar-refractivity contribution in [1.82, 2.24) is 0 Å². The van der Waals surface area contributed by atoms with E-state index in [1.807, 2.05) is 20.8 Å². The summed E-state index contributed by atoms with van der Waals surface area (Å²) in [5, 5.41) is 4.17. The molecule has 1 rings (SSSR count). The quantitative estimate of drug-likeness (QED) is 0.553. The lowest BCUT2D eigenvalue weighted by atomic mass is 9.99. The molecule has 1 aliphatic carbocycles. The van der Waals surface area contributed by atoms with Crippen molar-refractivity contribution in [3.8, 4) is 0 Å². The zero-order chi connectivity index (χ0) is 9.03. The molecule has 0 spiro atoms. The van der Waals surface area contributed by atoms with Gasteiger partial charge < -0.3 is 4.84 Å². The average molecular weight is 169 g/mol. The van der Waals surface area contributed by atoms with Gasteiger partial charge in [-0.05, 0) is 46.5 Å². The van der Waals surface area contributed by atoms with Gasteiger partial charge in [0.05, 0.1) is 5.71 Å². The molecule has 12 heavy (non-hydrogen) atoms. The van der Waals surface area contributed by atoms with E-state index in [1.54, 1.807) is 0 Å². The van der Waals surface area contributed by atoms with E-state index in [1.165, 1.54) is 25.0 Å². The largest absolute Gasteiger partial charge is 0.390 e. The standard InChI is InChI=1S/C10H19NO/c1-10(2,3)12-11-9-7-5-4-6-8-9/h4-8H2,1-3H3. The fraction of sp³-hybridized carbons (Fsp3) is 0.900. The molecule has 0 N–H and O–H groups in total. The van der Waals surface area contributed by atoms with Crippen LogP contribution in [0.15, 0.2) is 5.16 Å². The summed E-state index contributed by atoms with van der Waals surface area (Å²) in [4.78, 5) is 5.36. The van der Waals surface area contributed by atoms with Crippen molar-refractivity contribution in [3.05, 3.63) is 0 Å². The van der Waals surface area contributed by atoms with Crippen LogP contribution in [0, 0.1) is 0 Å². The van der Waals surface area contributed by atoms with Crippen molar-refractivity contribution >= 4 is 5.71 Å². The predicted molar refractivity (Wildman–Crippen MR) is 51.4 cm³/mol. The molecule has 0 aromatic carbocycles. The molecule has 1 aliphatic rings. The van der Waals surface area contributed by atoms with Gasteiger partial charge in [0.2, 0.25) is 0 Å². The lowest BCUT2D eigenvalue weighted by Crippen LogP contribution is -2.17. The maximum absolute atomic E-state index is 5.36. The van der Waals surface area contributed by atoms with Gasteiger partial charge in [0, 0.05) is 0 Å². The Labute approximate surface area is 75.0 Å². The lowest BCUT2D eigenvalue weighted by Gasteiger charge is -2.18. The summed E-state index contributed by atoms with van der Waals surface area (Å²) < 4.78 is 0. The Morgan fingerprint density at radius 1 is 1.08 bits per heavy atom. The van der Waals surface area contributed by atoms with Gasteiger partial charge in [0.15, 0.2) is 0 Å². The van der Waals surface area contributed by atoms with Gasteiger partial charge in [0.25, 0.3) is 0 Å². The van der Waals surface area contributed by atoms with Crippen LogP contribution in [0.1, 0.15) is 52.9 Å². The van der Waals surface area contributed by atoms with Crippen molar-refractivity contribution in [2.45, 2.75) is 58.5 Å². The first-order valence-electron chi connectivity index (χ1n) is 4.82.